The van der Waals surface area contributed by atoms with Crippen LogP contribution in [0.15, 0.2) is 6.33 Å². The van der Waals surface area contributed by atoms with Crippen molar-refractivity contribution < 1.29 is 38.8 Å². The van der Waals surface area contributed by atoms with Gasteiger partial charge < -0.3 is 39.9 Å². The average molecular weight is 475 g/mol. The standard InChI is InChI=1S/C18H30N5O8P/c1-6-18(4,31-32(27,28)17(2,3)26)7-9-11(24)12(25)15(30-9)23-8-20-10-13(23)21-16(19)22-14(10)29-5/h8-9,11-12,15,24-26H,6-7H2,1-5H3,(H,27,28)(H2,19,21,22)/t9-,11-,12-,15-,18?/m1/s1. The van der Waals surface area contributed by atoms with E-state index in [2.05, 4.69) is 15.0 Å². The van der Waals surface area contributed by atoms with Crippen molar-refractivity contribution >= 4 is 24.7 Å². The molecular weight excluding hydrogens is 445 g/mol. The molecule has 2 unspecified atom stereocenters. The molecule has 14 heteroatoms. The minimum atomic E-state index is -4.42. The Labute approximate surface area is 184 Å². The van der Waals surface area contributed by atoms with E-state index in [9.17, 15) is 24.8 Å². The molecule has 6 N–H and O–H groups in total. The number of hydrogen-bond acceptors (Lipinski definition) is 11. The lowest BCUT2D eigenvalue weighted by atomic mass is 9.93. The van der Waals surface area contributed by atoms with E-state index in [1.165, 1.54) is 31.9 Å². The normalized spacial score (nSPS) is 27.9. The number of aliphatic hydroxyl groups is 3. The maximum absolute atomic E-state index is 12.5. The second-order valence-electron chi connectivity index (χ2n) is 8.58. The van der Waals surface area contributed by atoms with Crippen LogP contribution in [0.5, 0.6) is 5.88 Å². The van der Waals surface area contributed by atoms with Gasteiger partial charge in [0.25, 0.3) is 0 Å². The topological polar surface area (TPSA) is 195 Å². The summed E-state index contributed by atoms with van der Waals surface area (Å²) in [6, 6.07) is 0. The number of aromatic nitrogens is 4. The van der Waals surface area contributed by atoms with Crippen LogP contribution in [-0.2, 0) is 13.8 Å². The van der Waals surface area contributed by atoms with E-state index in [0.717, 1.165) is 0 Å². The number of methoxy groups -OCH3 is 1. The lowest BCUT2D eigenvalue weighted by Gasteiger charge is -2.36. The number of nitrogens with zero attached hydrogens (tertiary/aromatic N) is 4. The Morgan fingerprint density at radius 2 is 1.94 bits per heavy atom. The largest absolute Gasteiger partial charge is 0.479 e. The molecule has 0 amide bonds. The van der Waals surface area contributed by atoms with Crippen molar-refractivity contribution in [3.05, 3.63) is 6.33 Å². The van der Waals surface area contributed by atoms with Gasteiger partial charge in [0.1, 0.15) is 12.2 Å². The monoisotopic (exact) mass is 475 g/mol. The molecule has 1 aliphatic rings. The van der Waals surface area contributed by atoms with Crippen molar-refractivity contribution in [2.45, 2.75) is 76.0 Å². The van der Waals surface area contributed by atoms with Gasteiger partial charge in [-0.1, -0.05) is 6.92 Å². The summed E-state index contributed by atoms with van der Waals surface area (Å²) in [5.41, 5.74) is 5.02. The number of imidazole rings is 1. The number of rotatable bonds is 8. The number of ether oxygens (including phenoxy) is 2. The van der Waals surface area contributed by atoms with Crippen LogP contribution in [0.1, 0.15) is 46.8 Å². The van der Waals surface area contributed by atoms with Gasteiger partial charge in [0, 0.05) is 6.42 Å². The summed E-state index contributed by atoms with van der Waals surface area (Å²) < 4.78 is 30.4. The van der Waals surface area contributed by atoms with Gasteiger partial charge in [0.05, 0.1) is 25.1 Å². The fraction of sp³-hybridized carbons (Fsp3) is 0.722. The Morgan fingerprint density at radius 3 is 2.50 bits per heavy atom. The van der Waals surface area contributed by atoms with Crippen LogP contribution in [0.3, 0.4) is 0 Å². The van der Waals surface area contributed by atoms with Crippen LogP contribution in [-0.4, -0.2) is 76.1 Å². The van der Waals surface area contributed by atoms with Gasteiger partial charge in [0.2, 0.25) is 11.8 Å². The second-order valence-corrected chi connectivity index (χ2v) is 10.9. The Bertz CT molecular complexity index is 1030. The van der Waals surface area contributed by atoms with E-state index in [1.54, 1.807) is 13.8 Å². The number of hydrogen-bond donors (Lipinski definition) is 5. The molecule has 1 saturated heterocycles. The van der Waals surface area contributed by atoms with Gasteiger partial charge in [-0.05, 0) is 27.2 Å². The molecule has 0 aliphatic carbocycles. The van der Waals surface area contributed by atoms with Gasteiger partial charge in [-0.25, -0.2) is 4.98 Å². The first-order chi connectivity index (χ1) is 14.7. The van der Waals surface area contributed by atoms with Gasteiger partial charge in [0.15, 0.2) is 22.7 Å². The molecular formula is C18H30N5O8P. The van der Waals surface area contributed by atoms with Gasteiger partial charge in [-0.3, -0.25) is 9.13 Å². The Morgan fingerprint density at radius 1 is 1.28 bits per heavy atom. The van der Waals surface area contributed by atoms with Crippen molar-refractivity contribution in [3.8, 4) is 5.88 Å². The zero-order valence-corrected chi connectivity index (χ0v) is 19.4. The van der Waals surface area contributed by atoms with Crippen LogP contribution in [0.4, 0.5) is 5.95 Å². The van der Waals surface area contributed by atoms with Crippen molar-refractivity contribution in [2.24, 2.45) is 0 Å². The molecule has 0 bridgehead atoms. The highest BCUT2D eigenvalue weighted by Crippen LogP contribution is 2.57. The summed E-state index contributed by atoms with van der Waals surface area (Å²) in [6.07, 6.45) is -3.14. The van der Waals surface area contributed by atoms with Gasteiger partial charge >= 0.3 is 7.60 Å². The first kappa shape index (κ1) is 24.8. The van der Waals surface area contributed by atoms with Crippen LogP contribution >= 0.6 is 7.60 Å². The first-order valence-electron chi connectivity index (χ1n) is 10.0. The van der Waals surface area contributed by atoms with E-state index in [-0.39, 0.29) is 30.3 Å². The molecule has 2 aromatic rings. The van der Waals surface area contributed by atoms with Crippen molar-refractivity contribution in [3.63, 3.8) is 0 Å². The molecule has 0 saturated carbocycles. The minimum Gasteiger partial charge on any atom is -0.479 e. The molecule has 0 spiro atoms. The predicted octanol–water partition coefficient (Wildman–Crippen LogP) is 0.526. The Balaban J connectivity index is 1.88. The average Bonchev–Trinajstić information content (AvgIpc) is 3.22. The highest BCUT2D eigenvalue weighted by Gasteiger charge is 2.50. The number of aliphatic hydroxyl groups excluding tert-OH is 2. The highest BCUT2D eigenvalue weighted by atomic mass is 31.2. The number of fused-ring (bicyclic) bond motifs is 1. The summed E-state index contributed by atoms with van der Waals surface area (Å²) in [5.74, 6) is 0.0751. The number of anilines is 1. The van der Waals surface area contributed by atoms with Crippen molar-refractivity contribution in [1.29, 1.82) is 0 Å². The van der Waals surface area contributed by atoms with E-state index in [4.69, 9.17) is 19.7 Å². The SMILES string of the molecule is CCC(C)(C[C@H]1O[C@@H](n2cnc3c(OC)nc(N)nc32)[C@H](O)[C@@H]1O)OP(=O)(O)C(C)(C)O. The molecule has 0 aromatic carbocycles. The third kappa shape index (κ3) is 4.46. The van der Waals surface area contributed by atoms with Crippen LogP contribution in [0, 0.1) is 0 Å². The van der Waals surface area contributed by atoms with Crippen LogP contribution in [0.2, 0.25) is 0 Å². The second kappa shape index (κ2) is 8.49. The van der Waals surface area contributed by atoms with Gasteiger partial charge in [-0.15, -0.1) is 0 Å². The maximum Gasteiger partial charge on any atom is 0.359 e. The zero-order chi connectivity index (χ0) is 24.1. The predicted molar refractivity (Wildman–Crippen MR) is 113 cm³/mol. The fourth-order valence-electron chi connectivity index (χ4n) is 3.45. The van der Waals surface area contributed by atoms with E-state index < -0.39 is 43.1 Å². The molecule has 1 fully saturated rings. The Hall–Kier alpha value is -1.86. The van der Waals surface area contributed by atoms with E-state index in [0.29, 0.717) is 5.52 Å². The zero-order valence-electron chi connectivity index (χ0n) is 18.5. The number of nitrogens with two attached hydrogens (primary N) is 1. The summed E-state index contributed by atoms with van der Waals surface area (Å²) in [7, 11) is -3.02. The lowest BCUT2D eigenvalue weighted by Crippen LogP contribution is -2.39. The quantitative estimate of drug-likeness (QED) is 0.333. The lowest BCUT2D eigenvalue weighted by molar-refractivity contribution is -0.0684. The maximum atomic E-state index is 12.5. The molecule has 1 aliphatic heterocycles. The first-order valence-corrected chi connectivity index (χ1v) is 11.6. The molecule has 2 aromatic heterocycles. The van der Waals surface area contributed by atoms with Crippen LogP contribution in [0.25, 0.3) is 11.2 Å². The smallest absolute Gasteiger partial charge is 0.359 e. The fourth-order valence-corrected chi connectivity index (χ4v) is 4.47. The third-order valence-corrected chi connectivity index (χ3v) is 7.70. The third-order valence-electron chi connectivity index (χ3n) is 5.63. The van der Waals surface area contributed by atoms with Gasteiger partial charge in [-0.2, -0.15) is 9.97 Å². The summed E-state index contributed by atoms with van der Waals surface area (Å²) in [6.45, 7) is 5.66. The number of nitrogen functional groups attached to an aromatic ring is 1. The van der Waals surface area contributed by atoms with E-state index in [1.807, 2.05) is 0 Å². The molecule has 3 heterocycles. The molecule has 6 atom stereocenters. The summed E-state index contributed by atoms with van der Waals surface area (Å²) in [4.78, 5) is 22.5. The van der Waals surface area contributed by atoms with Crippen LogP contribution < -0.4 is 10.5 Å². The summed E-state index contributed by atoms with van der Waals surface area (Å²) in [5, 5.41) is 29.3. The minimum absolute atomic E-state index is 0.0358. The summed E-state index contributed by atoms with van der Waals surface area (Å²) >= 11 is 0. The molecule has 32 heavy (non-hydrogen) atoms. The van der Waals surface area contributed by atoms with Crippen molar-refractivity contribution in [2.75, 3.05) is 12.8 Å². The molecule has 180 valence electrons. The van der Waals surface area contributed by atoms with E-state index >= 15 is 0 Å². The highest BCUT2D eigenvalue weighted by molar-refractivity contribution is 7.54. The Kier molecular flexibility index (Phi) is 6.57. The van der Waals surface area contributed by atoms with Crippen molar-refractivity contribution in [1.82, 2.24) is 19.5 Å². The molecule has 0 radical (unpaired) electrons. The molecule has 3 rings (SSSR count). The molecule has 13 nitrogen and oxygen atoms in total.